The average molecular weight is 384 g/mol. The Bertz CT molecular complexity index is 643. The number of amides is 1. The number of hydrogen-bond acceptors (Lipinski definition) is 4. The number of nitrogens with one attached hydrogen (secondary N) is 1. The summed E-state index contributed by atoms with van der Waals surface area (Å²) in [5, 5.41) is 4.98. The topological polar surface area (TPSA) is 47.6 Å². The van der Waals surface area contributed by atoms with Gasteiger partial charge < -0.3 is 14.8 Å². The molecular formula is C16H18BrNO3S. The summed E-state index contributed by atoms with van der Waals surface area (Å²) in [5.74, 6) is 0.989. The van der Waals surface area contributed by atoms with Gasteiger partial charge in [-0.05, 0) is 53.4 Å². The molecule has 1 unspecified atom stereocenters. The quantitative estimate of drug-likeness (QED) is 0.803. The number of hydrogen-bond donors (Lipinski definition) is 1. The van der Waals surface area contributed by atoms with Crippen LogP contribution in [0.2, 0.25) is 0 Å². The van der Waals surface area contributed by atoms with Crippen molar-refractivity contribution in [2.45, 2.75) is 19.9 Å². The second-order valence-electron chi connectivity index (χ2n) is 4.63. The van der Waals surface area contributed by atoms with E-state index in [1.165, 1.54) is 0 Å². The van der Waals surface area contributed by atoms with Gasteiger partial charge in [-0.1, -0.05) is 6.07 Å². The van der Waals surface area contributed by atoms with Gasteiger partial charge in [0, 0.05) is 10.4 Å². The molecule has 1 amide bonds. The minimum Gasteiger partial charge on any atom is -0.492 e. The zero-order chi connectivity index (χ0) is 16.1. The monoisotopic (exact) mass is 383 g/mol. The van der Waals surface area contributed by atoms with E-state index in [2.05, 4.69) is 21.2 Å². The van der Waals surface area contributed by atoms with E-state index in [0.717, 1.165) is 4.88 Å². The van der Waals surface area contributed by atoms with E-state index in [9.17, 15) is 4.79 Å². The first-order valence-electron chi connectivity index (χ1n) is 6.91. The molecule has 4 nitrogen and oxygen atoms in total. The number of carbonyl (C=O) groups excluding carboxylic acids is 1. The fourth-order valence-electron chi connectivity index (χ4n) is 2.05. The van der Waals surface area contributed by atoms with Gasteiger partial charge in [-0.15, -0.1) is 11.3 Å². The molecule has 6 heteroatoms. The molecule has 1 atom stereocenters. The Hall–Kier alpha value is -1.53. The van der Waals surface area contributed by atoms with Crippen LogP contribution in [0.5, 0.6) is 11.5 Å². The molecular weight excluding hydrogens is 366 g/mol. The standard InChI is InChI=1S/C16H18BrNO3S/c1-4-21-13-9-11(8-12(17)15(13)20-3)16(19)18-10(2)14-6-5-7-22-14/h5-10H,4H2,1-3H3,(H,18,19). The third-order valence-electron chi connectivity index (χ3n) is 3.09. The predicted molar refractivity (Wildman–Crippen MR) is 92.1 cm³/mol. The summed E-state index contributed by atoms with van der Waals surface area (Å²) < 4.78 is 11.5. The summed E-state index contributed by atoms with van der Waals surface area (Å²) >= 11 is 5.04. The van der Waals surface area contributed by atoms with Crippen LogP contribution in [0.4, 0.5) is 0 Å². The molecule has 0 aliphatic rings. The summed E-state index contributed by atoms with van der Waals surface area (Å²) in [6, 6.07) is 7.37. The molecule has 0 aliphatic heterocycles. The maximum absolute atomic E-state index is 12.4. The molecule has 118 valence electrons. The minimum absolute atomic E-state index is 0.0380. The third-order valence-corrected chi connectivity index (χ3v) is 4.74. The third kappa shape index (κ3) is 3.81. The molecule has 1 heterocycles. The van der Waals surface area contributed by atoms with Crippen LogP contribution in [-0.4, -0.2) is 19.6 Å². The lowest BCUT2D eigenvalue weighted by molar-refractivity contribution is 0.0940. The zero-order valence-corrected chi connectivity index (χ0v) is 15.1. The maximum atomic E-state index is 12.4. The van der Waals surface area contributed by atoms with Crippen LogP contribution < -0.4 is 14.8 Å². The molecule has 0 saturated carbocycles. The summed E-state index contributed by atoms with van der Waals surface area (Å²) in [6.45, 7) is 4.35. The lowest BCUT2D eigenvalue weighted by Crippen LogP contribution is -2.26. The van der Waals surface area contributed by atoms with Gasteiger partial charge >= 0.3 is 0 Å². The van der Waals surface area contributed by atoms with Gasteiger partial charge in [-0.2, -0.15) is 0 Å². The molecule has 2 aromatic rings. The molecule has 0 fully saturated rings. The fourth-order valence-corrected chi connectivity index (χ4v) is 3.39. The first-order valence-corrected chi connectivity index (χ1v) is 8.58. The number of benzene rings is 1. The van der Waals surface area contributed by atoms with Gasteiger partial charge in [-0.25, -0.2) is 0 Å². The Morgan fingerprint density at radius 1 is 1.45 bits per heavy atom. The van der Waals surface area contributed by atoms with E-state index in [-0.39, 0.29) is 11.9 Å². The highest BCUT2D eigenvalue weighted by Crippen LogP contribution is 2.36. The Morgan fingerprint density at radius 3 is 2.82 bits per heavy atom. The van der Waals surface area contributed by atoms with Crippen molar-refractivity contribution in [3.05, 3.63) is 44.6 Å². The van der Waals surface area contributed by atoms with Crippen molar-refractivity contribution in [2.24, 2.45) is 0 Å². The molecule has 22 heavy (non-hydrogen) atoms. The van der Waals surface area contributed by atoms with Crippen molar-refractivity contribution >= 4 is 33.2 Å². The van der Waals surface area contributed by atoms with E-state index < -0.39 is 0 Å². The molecule has 1 aromatic carbocycles. The van der Waals surface area contributed by atoms with Crippen LogP contribution in [0.15, 0.2) is 34.1 Å². The average Bonchev–Trinajstić information content (AvgIpc) is 3.01. The molecule has 0 bridgehead atoms. The van der Waals surface area contributed by atoms with Gasteiger partial charge in [0.1, 0.15) is 0 Å². The SMILES string of the molecule is CCOc1cc(C(=O)NC(C)c2cccs2)cc(Br)c1OC. The van der Waals surface area contributed by atoms with Gasteiger partial charge in [0.15, 0.2) is 11.5 Å². The number of carbonyl (C=O) groups is 1. The molecule has 1 N–H and O–H groups in total. The van der Waals surface area contributed by atoms with Gasteiger partial charge in [0.25, 0.3) is 5.91 Å². The second kappa shape index (κ2) is 7.65. The molecule has 0 radical (unpaired) electrons. The largest absolute Gasteiger partial charge is 0.492 e. The lowest BCUT2D eigenvalue weighted by Gasteiger charge is -2.15. The summed E-state index contributed by atoms with van der Waals surface area (Å²) in [6.07, 6.45) is 0. The molecule has 0 aliphatic carbocycles. The number of halogens is 1. The van der Waals surface area contributed by atoms with Crippen LogP contribution in [-0.2, 0) is 0 Å². The van der Waals surface area contributed by atoms with Gasteiger partial charge in [0.05, 0.1) is 24.2 Å². The Morgan fingerprint density at radius 2 is 2.23 bits per heavy atom. The summed E-state index contributed by atoms with van der Waals surface area (Å²) in [7, 11) is 1.57. The van der Waals surface area contributed by atoms with Crippen molar-refractivity contribution in [2.75, 3.05) is 13.7 Å². The van der Waals surface area contributed by atoms with Crippen molar-refractivity contribution in [1.29, 1.82) is 0 Å². The highest BCUT2D eigenvalue weighted by atomic mass is 79.9. The molecule has 0 spiro atoms. The van der Waals surface area contributed by atoms with Crippen molar-refractivity contribution in [3.8, 4) is 11.5 Å². The van der Waals surface area contributed by atoms with E-state index in [1.807, 2.05) is 31.4 Å². The Labute approximate surface area is 142 Å². The lowest BCUT2D eigenvalue weighted by atomic mass is 10.1. The summed E-state index contributed by atoms with van der Waals surface area (Å²) in [4.78, 5) is 13.6. The maximum Gasteiger partial charge on any atom is 0.251 e. The fraction of sp³-hybridized carbons (Fsp3) is 0.312. The predicted octanol–water partition coefficient (Wildman–Crippen LogP) is 4.41. The minimum atomic E-state index is -0.148. The van der Waals surface area contributed by atoms with Crippen LogP contribution in [0.3, 0.4) is 0 Å². The van der Waals surface area contributed by atoms with Crippen LogP contribution in [0.25, 0.3) is 0 Å². The first kappa shape index (κ1) is 16.8. The van der Waals surface area contributed by atoms with Crippen LogP contribution >= 0.6 is 27.3 Å². The van der Waals surface area contributed by atoms with Crippen LogP contribution in [0.1, 0.15) is 35.1 Å². The second-order valence-corrected chi connectivity index (χ2v) is 6.47. The smallest absolute Gasteiger partial charge is 0.251 e. The number of methoxy groups -OCH3 is 1. The zero-order valence-electron chi connectivity index (χ0n) is 12.7. The van der Waals surface area contributed by atoms with E-state index in [1.54, 1.807) is 30.6 Å². The molecule has 0 saturated heterocycles. The van der Waals surface area contributed by atoms with Crippen molar-refractivity contribution in [3.63, 3.8) is 0 Å². The van der Waals surface area contributed by atoms with Gasteiger partial charge in [0.2, 0.25) is 0 Å². The van der Waals surface area contributed by atoms with Crippen LogP contribution in [0, 0.1) is 0 Å². The molecule has 1 aromatic heterocycles. The van der Waals surface area contributed by atoms with E-state index in [0.29, 0.717) is 28.1 Å². The van der Waals surface area contributed by atoms with Crippen molar-refractivity contribution in [1.82, 2.24) is 5.32 Å². The Kier molecular flexibility index (Phi) is 5.85. The Balaban J connectivity index is 2.22. The first-order chi connectivity index (χ1) is 10.6. The molecule has 2 rings (SSSR count). The highest BCUT2D eigenvalue weighted by Gasteiger charge is 2.17. The number of rotatable bonds is 6. The van der Waals surface area contributed by atoms with Crippen molar-refractivity contribution < 1.29 is 14.3 Å². The number of ether oxygens (including phenoxy) is 2. The van der Waals surface area contributed by atoms with E-state index >= 15 is 0 Å². The number of thiophene rings is 1. The summed E-state index contributed by atoms with van der Waals surface area (Å²) in [5.41, 5.74) is 0.527. The van der Waals surface area contributed by atoms with E-state index in [4.69, 9.17) is 9.47 Å². The normalized spacial score (nSPS) is 11.8. The van der Waals surface area contributed by atoms with Gasteiger partial charge in [-0.3, -0.25) is 4.79 Å². The highest BCUT2D eigenvalue weighted by molar-refractivity contribution is 9.10.